The summed E-state index contributed by atoms with van der Waals surface area (Å²) in [7, 11) is 1.63. The van der Waals surface area contributed by atoms with E-state index in [1.807, 2.05) is 12.1 Å². The highest BCUT2D eigenvalue weighted by Gasteiger charge is 2.14. The van der Waals surface area contributed by atoms with E-state index in [4.69, 9.17) is 29.6 Å². The number of primary amides is 1. The Morgan fingerprint density at radius 3 is 2.71 bits per heavy atom. The van der Waals surface area contributed by atoms with Crippen molar-refractivity contribution in [2.75, 3.05) is 5.32 Å². The number of nitrogens with one attached hydrogen (secondary N) is 2. The van der Waals surface area contributed by atoms with Crippen molar-refractivity contribution < 1.29 is 4.79 Å². The minimum absolute atomic E-state index is 0.269. The summed E-state index contributed by atoms with van der Waals surface area (Å²) in [6, 6.07) is 7.41. The second kappa shape index (κ2) is 6.55. The second-order valence-corrected chi connectivity index (χ2v) is 5.17. The van der Waals surface area contributed by atoms with Crippen molar-refractivity contribution in [2.45, 2.75) is 6.54 Å². The van der Waals surface area contributed by atoms with Gasteiger partial charge < -0.3 is 16.4 Å². The Bertz CT molecular complexity index is 668. The van der Waals surface area contributed by atoms with Gasteiger partial charge >= 0.3 is 0 Å². The maximum Gasteiger partial charge on any atom is 0.269 e. The molecule has 0 aliphatic carbocycles. The molecule has 2 rings (SSSR count). The number of nitrogens with zero attached hydrogens (tertiary/aromatic N) is 2. The lowest BCUT2D eigenvalue weighted by molar-refractivity contribution is 0.0992. The Morgan fingerprint density at radius 1 is 1.43 bits per heavy atom. The van der Waals surface area contributed by atoms with Crippen molar-refractivity contribution in [3.63, 3.8) is 0 Å². The highest BCUT2D eigenvalue weighted by Crippen LogP contribution is 2.13. The number of nitrogens with two attached hydrogens (primary N) is 1. The van der Waals surface area contributed by atoms with E-state index in [0.717, 1.165) is 5.56 Å². The Balaban J connectivity index is 1.96. The van der Waals surface area contributed by atoms with E-state index in [1.54, 1.807) is 19.2 Å². The molecule has 0 unspecified atom stereocenters. The van der Waals surface area contributed by atoms with Crippen molar-refractivity contribution >= 4 is 40.5 Å². The first-order valence-electron chi connectivity index (χ1n) is 6.08. The molecule has 6 nitrogen and oxygen atoms in total. The van der Waals surface area contributed by atoms with Crippen LogP contribution in [0.1, 0.15) is 16.1 Å². The molecule has 0 spiro atoms. The largest absolute Gasteiger partial charge is 0.364 e. The molecule has 0 atom stereocenters. The van der Waals surface area contributed by atoms with Crippen LogP contribution in [0.2, 0.25) is 5.02 Å². The third kappa shape index (κ3) is 3.93. The van der Waals surface area contributed by atoms with Crippen molar-refractivity contribution in [1.82, 2.24) is 15.1 Å². The first-order chi connectivity index (χ1) is 9.97. The van der Waals surface area contributed by atoms with E-state index in [1.165, 1.54) is 10.9 Å². The number of rotatable bonds is 4. The van der Waals surface area contributed by atoms with E-state index < -0.39 is 5.91 Å². The fourth-order valence-corrected chi connectivity index (χ4v) is 2.08. The molecule has 8 heteroatoms. The second-order valence-electron chi connectivity index (χ2n) is 4.33. The minimum Gasteiger partial charge on any atom is -0.364 e. The topological polar surface area (TPSA) is 85.0 Å². The average Bonchev–Trinajstić information content (AvgIpc) is 2.79. The highest BCUT2D eigenvalue weighted by molar-refractivity contribution is 7.80. The molecule has 0 fully saturated rings. The number of hydrogen-bond acceptors (Lipinski definition) is 3. The summed E-state index contributed by atoms with van der Waals surface area (Å²) in [5.74, 6) is -0.571. The monoisotopic (exact) mass is 323 g/mol. The van der Waals surface area contributed by atoms with Crippen molar-refractivity contribution in [2.24, 2.45) is 12.8 Å². The number of anilines is 1. The van der Waals surface area contributed by atoms with Gasteiger partial charge in [-0.2, -0.15) is 5.10 Å². The lowest BCUT2D eigenvalue weighted by Gasteiger charge is -2.10. The summed E-state index contributed by atoms with van der Waals surface area (Å²) in [5, 5.41) is 11.0. The van der Waals surface area contributed by atoms with E-state index in [0.29, 0.717) is 22.4 Å². The maximum absolute atomic E-state index is 11.3. The number of halogens is 1. The van der Waals surface area contributed by atoms with Crippen LogP contribution in [0.5, 0.6) is 0 Å². The number of aryl methyl sites for hydroxylation is 1. The number of thiocarbonyl (C=S) groups is 1. The van der Waals surface area contributed by atoms with Gasteiger partial charge in [0, 0.05) is 18.6 Å². The van der Waals surface area contributed by atoms with Crippen LogP contribution in [0.4, 0.5) is 5.69 Å². The molecule has 0 bridgehead atoms. The number of aromatic nitrogens is 2. The fourth-order valence-electron chi connectivity index (χ4n) is 1.77. The Hall–Kier alpha value is -2.12. The summed E-state index contributed by atoms with van der Waals surface area (Å²) in [4.78, 5) is 11.3. The zero-order valence-corrected chi connectivity index (χ0v) is 12.8. The lowest BCUT2D eigenvalue weighted by atomic mass is 10.2. The quantitative estimate of drug-likeness (QED) is 0.745. The molecule has 21 heavy (non-hydrogen) atoms. The highest BCUT2D eigenvalue weighted by atomic mass is 35.5. The predicted molar refractivity (Wildman–Crippen MR) is 86.2 cm³/mol. The summed E-state index contributed by atoms with van der Waals surface area (Å²) in [6.45, 7) is 0.537. The van der Waals surface area contributed by atoms with Crippen LogP contribution in [0, 0.1) is 0 Å². The molecule has 110 valence electrons. The smallest absolute Gasteiger partial charge is 0.269 e. The summed E-state index contributed by atoms with van der Waals surface area (Å²) < 4.78 is 1.40. The Morgan fingerprint density at radius 2 is 2.10 bits per heavy atom. The molecular weight excluding hydrogens is 310 g/mol. The van der Waals surface area contributed by atoms with E-state index in [2.05, 4.69) is 15.7 Å². The minimum atomic E-state index is -0.571. The Labute approximate surface area is 132 Å². The summed E-state index contributed by atoms with van der Waals surface area (Å²) in [5.41, 5.74) is 7.07. The first-order valence-corrected chi connectivity index (χ1v) is 6.87. The average molecular weight is 324 g/mol. The fraction of sp³-hybridized carbons (Fsp3) is 0.154. The molecule has 1 aromatic carbocycles. The van der Waals surface area contributed by atoms with Crippen LogP contribution in [-0.4, -0.2) is 20.8 Å². The van der Waals surface area contributed by atoms with Crippen molar-refractivity contribution in [1.29, 1.82) is 0 Å². The number of hydrogen-bond donors (Lipinski definition) is 3. The van der Waals surface area contributed by atoms with E-state index in [9.17, 15) is 4.79 Å². The van der Waals surface area contributed by atoms with Crippen LogP contribution in [-0.2, 0) is 13.6 Å². The number of benzene rings is 1. The zero-order valence-electron chi connectivity index (χ0n) is 11.3. The van der Waals surface area contributed by atoms with Crippen molar-refractivity contribution in [3.05, 3.63) is 46.7 Å². The molecule has 0 aliphatic rings. The van der Waals surface area contributed by atoms with Crippen LogP contribution in [0.3, 0.4) is 0 Å². The Kier molecular flexibility index (Phi) is 4.77. The molecule has 1 amide bonds. The molecule has 4 N–H and O–H groups in total. The predicted octanol–water partition coefficient (Wildman–Crippen LogP) is 1.66. The van der Waals surface area contributed by atoms with Crippen LogP contribution in [0.15, 0.2) is 30.5 Å². The van der Waals surface area contributed by atoms with Gasteiger partial charge in [0.25, 0.3) is 5.91 Å². The van der Waals surface area contributed by atoms with E-state index in [-0.39, 0.29) is 5.69 Å². The maximum atomic E-state index is 11.3. The van der Waals surface area contributed by atoms with Gasteiger partial charge in [-0.3, -0.25) is 9.48 Å². The molecule has 1 aromatic heterocycles. The van der Waals surface area contributed by atoms with Gasteiger partial charge in [0.1, 0.15) is 5.69 Å². The molecule has 0 saturated carbocycles. The SMILES string of the molecule is Cn1ncc(NC(=S)NCc2ccc(Cl)cc2)c1C(N)=O. The number of amides is 1. The molecule has 1 heterocycles. The molecule has 0 saturated heterocycles. The molecule has 0 radical (unpaired) electrons. The van der Waals surface area contributed by atoms with Gasteiger partial charge in [0.15, 0.2) is 5.11 Å². The van der Waals surface area contributed by atoms with Crippen LogP contribution < -0.4 is 16.4 Å². The van der Waals surface area contributed by atoms with Gasteiger partial charge in [-0.25, -0.2) is 0 Å². The molecule has 2 aromatic rings. The summed E-state index contributed by atoms with van der Waals surface area (Å²) in [6.07, 6.45) is 1.50. The third-order valence-corrected chi connectivity index (χ3v) is 3.29. The molecule has 0 aliphatic heterocycles. The van der Waals surface area contributed by atoms with Gasteiger partial charge in [-0.05, 0) is 29.9 Å². The lowest BCUT2D eigenvalue weighted by Crippen LogP contribution is -2.29. The van der Waals surface area contributed by atoms with Crippen molar-refractivity contribution in [3.8, 4) is 0 Å². The molecular formula is C13H14ClN5OS. The number of carbonyl (C=O) groups is 1. The first kappa shape index (κ1) is 15.3. The van der Waals surface area contributed by atoms with Gasteiger partial charge in [-0.15, -0.1) is 0 Å². The van der Waals surface area contributed by atoms with Gasteiger partial charge in [0.2, 0.25) is 0 Å². The number of carbonyl (C=O) groups excluding carboxylic acids is 1. The van der Waals surface area contributed by atoms with Gasteiger partial charge in [0.05, 0.1) is 11.9 Å². The van der Waals surface area contributed by atoms with E-state index >= 15 is 0 Å². The van der Waals surface area contributed by atoms with Crippen LogP contribution >= 0.6 is 23.8 Å². The van der Waals surface area contributed by atoms with Crippen LogP contribution in [0.25, 0.3) is 0 Å². The van der Waals surface area contributed by atoms with Gasteiger partial charge in [-0.1, -0.05) is 23.7 Å². The third-order valence-electron chi connectivity index (χ3n) is 2.79. The standard InChI is InChI=1S/C13H14ClN5OS/c1-19-11(12(15)20)10(7-17-19)18-13(21)16-6-8-2-4-9(14)5-3-8/h2-5,7H,6H2,1H3,(H2,15,20)(H2,16,18,21). The zero-order chi connectivity index (χ0) is 15.4. The normalized spacial score (nSPS) is 10.2. The summed E-state index contributed by atoms with van der Waals surface area (Å²) >= 11 is 11.0.